The van der Waals surface area contributed by atoms with Gasteiger partial charge in [-0.25, -0.2) is 4.99 Å². The summed E-state index contributed by atoms with van der Waals surface area (Å²) in [7, 11) is 0. The number of allylic oxidation sites excluding steroid dienone is 5. The first-order chi connectivity index (χ1) is 23.6. The van der Waals surface area contributed by atoms with Gasteiger partial charge in [0.1, 0.15) is 5.84 Å². The highest BCUT2D eigenvalue weighted by atomic mass is 14.9. The average Bonchev–Trinajstić information content (AvgIpc) is 3.14. The van der Waals surface area contributed by atoms with Crippen LogP contribution in [0.5, 0.6) is 0 Å². The van der Waals surface area contributed by atoms with E-state index in [0.29, 0.717) is 18.8 Å². The summed E-state index contributed by atoms with van der Waals surface area (Å²) in [6.45, 7) is 8.19. The minimum atomic E-state index is 0.461. The van der Waals surface area contributed by atoms with Gasteiger partial charge in [-0.15, -0.1) is 0 Å². The van der Waals surface area contributed by atoms with Crippen LogP contribution in [0.1, 0.15) is 33.4 Å². The highest BCUT2D eigenvalue weighted by Crippen LogP contribution is 2.34. The molecule has 0 saturated carbocycles. The quantitative estimate of drug-likeness (QED) is 0.0654. The van der Waals surface area contributed by atoms with E-state index >= 15 is 0 Å². The number of fused-ring (bicyclic) bond motifs is 3. The third-order valence-electron chi connectivity index (χ3n) is 8.49. The first kappa shape index (κ1) is 31.9. The number of nitrogens with two attached hydrogens (primary N) is 2. The van der Waals surface area contributed by atoms with Gasteiger partial charge in [-0.2, -0.15) is 0 Å². The zero-order valence-corrected chi connectivity index (χ0v) is 27.0. The summed E-state index contributed by atoms with van der Waals surface area (Å²) in [5, 5.41) is 4.69. The zero-order chi connectivity index (χ0) is 33.3. The molecular weight excluding hydrogens is 583 g/mol. The maximum absolute atomic E-state index is 6.79. The van der Waals surface area contributed by atoms with Crippen molar-refractivity contribution < 1.29 is 0 Å². The van der Waals surface area contributed by atoms with Crippen molar-refractivity contribution in [2.75, 3.05) is 0 Å². The van der Waals surface area contributed by atoms with E-state index in [1.807, 2.05) is 24.3 Å². The van der Waals surface area contributed by atoms with Gasteiger partial charge in [0.2, 0.25) is 0 Å². The number of hydrogen-bond acceptors (Lipinski definition) is 2. The van der Waals surface area contributed by atoms with E-state index in [2.05, 4.69) is 141 Å². The van der Waals surface area contributed by atoms with Crippen LogP contribution in [0.3, 0.4) is 0 Å². The Balaban J connectivity index is 1.44. The van der Waals surface area contributed by atoms with Crippen molar-refractivity contribution in [1.29, 1.82) is 0 Å². The summed E-state index contributed by atoms with van der Waals surface area (Å²) in [5.74, 6) is 0.461. The van der Waals surface area contributed by atoms with Crippen molar-refractivity contribution in [3.63, 3.8) is 0 Å². The van der Waals surface area contributed by atoms with Crippen LogP contribution in [0.2, 0.25) is 0 Å². The lowest BCUT2D eigenvalue weighted by Gasteiger charge is -2.13. The molecule has 48 heavy (non-hydrogen) atoms. The van der Waals surface area contributed by atoms with Crippen LogP contribution in [-0.4, -0.2) is 5.84 Å². The Labute approximate surface area is 283 Å². The molecule has 6 rings (SSSR count). The molecule has 0 aliphatic carbocycles. The molecule has 4 N–H and O–H groups in total. The fraction of sp³-hybridized carbons (Fsp3) is 0.0444. The van der Waals surface area contributed by atoms with Gasteiger partial charge in [-0.05, 0) is 67.4 Å². The third-order valence-corrected chi connectivity index (χ3v) is 8.49. The molecule has 0 radical (unpaired) electrons. The summed E-state index contributed by atoms with van der Waals surface area (Å²) < 4.78 is 0. The van der Waals surface area contributed by atoms with Crippen molar-refractivity contribution in [2.24, 2.45) is 16.5 Å². The molecule has 3 heteroatoms. The lowest BCUT2D eigenvalue weighted by Crippen LogP contribution is -2.13. The summed E-state index contributed by atoms with van der Waals surface area (Å²) in [6.07, 6.45) is 14.5. The summed E-state index contributed by atoms with van der Waals surface area (Å²) >= 11 is 0. The molecule has 0 unspecified atom stereocenters. The highest BCUT2D eigenvalue weighted by molar-refractivity contribution is 6.12. The van der Waals surface area contributed by atoms with Gasteiger partial charge in [0, 0.05) is 17.7 Å². The van der Waals surface area contributed by atoms with E-state index in [0.717, 1.165) is 61.0 Å². The molecule has 0 atom stereocenters. The smallest absolute Gasteiger partial charge is 0.131 e. The first-order valence-electron chi connectivity index (χ1n) is 16.1. The van der Waals surface area contributed by atoms with Gasteiger partial charge in [-0.1, -0.05) is 171 Å². The number of amidine groups is 1. The molecule has 0 fully saturated rings. The lowest BCUT2D eigenvalue weighted by molar-refractivity contribution is 1.07. The van der Waals surface area contributed by atoms with Crippen LogP contribution in [0.25, 0.3) is 50.5 Å². The van der Waals surface area contributed by atoms with Crippen molar-refractivity contribution in [3.05, 3.63) is 198 Å². The molecule has 0 amide bonds. The van der Waals surface area contributed by atoms with Gasteiger partial charge in [0.15, 0.2) is 0 Å². The van der Waals surface area contributed by atoms with E-state index in [1.165, 1.54) is 10.8 Å². The number of benzene rings is 6. The van der Waals surface area contributed by atoms with E-state index in [1.54, 1.807) is 12.2 Å². The van der Waals surface area contributed by atoms with Crippen molar-refractivity contribution >= 4 is 45.2 Å². The fourth-order valence-electron chi connectivity index (χ4n) is 5.95. The van der Waals surface area contributed by atoms with E-state index in [-0.39, 0.29) is 0 Å². The van der Waals surface area contributed by atoms with Gasteiger partial charge in [0.05, 0.1) is 5.70 Å². The Morgan fingerprint density at radius 1 is 0.625 bits per heavy atom. The van der Waals surface area contributed by atoms with Gasteiger partial charge >= 0.3 is 0 Å². The maximum Gasteiger partial charge on any atom is 0.131 e. The molecule has 6 aromatic rings. The second-order valence-corrected chi connectivity index (χ2v) is 11.6. The monoisotopic (exact) mass is 621 g/mol. The third kappa shape index (κ3) is 7.18. The van der Waals surface area contributed by atoms with Gasteiger partial charge in [0.25, 0.3) is 0 Å². The molecule has 0 bridgehead atoms. The molecule has 0 aliphatic rings. The molecule has 234 valence electrons. The maximum atomic E-state index is 6.79. The molecule has 0 spiro atoms. The Bertz CT molecular complexity index is 2210. The van der Waals surface area contributed by atoms with Crippen LogP contribution in [-0.2, 0) is 13.0 Å². The predicted molar refractivity (Wildman–Crippen MR) is 209 cm³/mol. The SMILES string of the molecule is C=C/C=C\c1ccc(C/C=C(\N=C(N)c2ccc(-c3ccc(CN)cc3)cc2)c2cc3ccccc3c3ccccc23)cc1/C=C\C=C. The van der Waals surface area contributed by atoms with Gasteiger partial charge < -0.3 is 11.5 Å². The summed E-state index contributed by atoms with van der Waals surface area (Å²) in [6, 6.07) is 42.3. The Morgan fingerprint density at radius 3 is 1.92 bits per heavy atom. The van der Waals surface area contributed by atoms with Crippen LogP contribution < -0.4 is 11.5 Å². The second-order valence-electron chi connectivity index (χ2n) is 11.6. The topological polar surface area (TPSA) is 64.4 Å². The highest BCUT2D eigenvalue weighted by Gasteiger charge is 2.12. The van der Waals surface area contributed by atoms with Crippen molar-refractivity contribution in [1.82, 2.24) is 0 Å². The molecule has 0 aliphatic heterocycles. The Morgan fingerprint density at radius 2 is 1.23 bits per heavy atom. The molecular formula is C45H39N3. The van der Waals surface area contributed by atoms with E-state index < -0.39 is 0 Å². The Hall–Kier alpha value is -6.03. The standard InChI is InChI=1S/C45H39N3/c1-3-5-11-34-21-17-32(29-38(34)12-6-4-2)20-28-44(43-30-39-13-7-8-14-40(39)41-15-9-10-16-42(41)43)48-45(47)37-26-24-36(25-27-37)35-22-18-33(31-46)19-23-35/h3-19,21-30H,1-2,20,31,46H2,(H2,47,48)/b11-5-,12-6-,44-28-. The number of rotatable bonds is 11. The molecule has 0 saturated heterocycles. The normalized spacial score (nSPS) is 12.4. The minimum absolute atomic E-state index is 0.461. The summed E-state index contributed by atoms with van der Waals surface area (Å²) in [4.78, 5) is 5.14. The second kappa shape index (κ2) is 15.0. The van der Waals surface area contributed by atoms with Crippen molar-refractivity contribution in [2.45, 2.75) is 13.0 Å². The molecule has 3 nitrogen and oxygen atoms in total. The van der Waals surface area contributed by atoms with Crippen LogP contribution in [0.4, 0.5) is 0 Å². The van der Waals surface area contributed by atoms with Gasteiger partial charge in [-0.3, -0.25) is 0 Å². The predicted octanol–water partition coefficient (Wildman–Crippen LogP) is 10.5. The largest absolute Gasteiger partial charge is 0.383 e. The van der Waals surface area contributed by atoms with Crippen LogP contribution >= 0.6 is 0 Å². The molecule has 6 aromatic carbocycles. The number of aliphatic imine (C=N–C) groups is 1. The average molecular weight is 622 g/mol. The number of hydrogen-bond donors (Lipinski definition) is 2. The minimum Gasteiger partial charge on any atom is -0.383 e. The summed E-state index contributed by atoms with van der Waals surface area (Å²) in [5.41, 5.74) is 22.1. The lowest BCUT2D eigenvalue weighted by atomic mass is 9.94. The first-order valence-corrected chi connectivity index (χ1v) is 16.1. The molecule has 0 heterocycles. The molecule has 0 aromatic heterocycles. The fourth-order valence-corrected chi connectivity index (χ4v) is 5.95. The van der Waals surface area contributed by atoms with E-state index in [4.69, 9.17) is 16.5 Å². The van der Waals surface area contributed by atoms with Crippen molar-refractivity contribution in [3.8, 4) is 11.1 Å². The Kier molecular flexibility index (Phi) is 10.0. The number of nitrogens with zero attached hydrogens (tertiary/aromatic N) is 1. The van der Waals surface area contributed by atoms with E-state index in [9.17, 15) is 0 Å². The van der Waals surface area contributed by atoms with Crippen LogP contribution in [0.15, 0.2) is 170 Å². The zero-order valence-electron chi connectivity index (χ0n) is 27.0. The van der Waals surface area contributed by atoms with Crippen LogP contribution in [0, 0.1) is 0 Å².